The van der Waals surface area contributed by atoms with Crippen LogP contribution in [0.15, 0.2) is 12.7 Å². The molecule has 2 N–H and O–H groups in total. The lowest BCUT2D eigenvalue weighted by molar-refractivity contribution is 0.0212. The highest BCUT2D eigenvalue weighted by Crippen LogP contribution is 2.32. The van der Waals surface area contributed by atoms with Crippen LogP contribution in [-0.4, -0.2) is 24.6 Å². The molecule has 0 unspecified atom stereocenters. The van der Waals surface area contributed by atoms with Crippen molar-refractivity contribution in [3.05, 3.63) is 28.7 Å². The standard InChI is InChI=1S/C16H21NO4S/c1-3-9-20-16(19)13-10(2)12(14(17)22-13)15(18)21-11-7-5-4-6-8-11/h3,11H,1,4-9,17H2,2H3. The van der Waals surface area contributed by atoms with Gasteiger partial charge in [0.05, 0.1) is 5.56 Å². The smallest absolute Gasteiger partial charge is 0.348 e. The lowest BCUT2D eigenvalue weighted by atomic mass is 9.98. The molecule has 0 spiro atoms. The van der Waals surface area contributed by atoms with Crippen molar-refractivity contribution < 1.29 is 19.1 Å². The predicted molar refractivity (Wildman–Crippen MR) is 86.2 cm³/mol. The van der Waals surface area contributed by atoms with Crippen molar-refractivity contribution in [1.82, 2.24) is 0 Å². The molecule has 0 aromatic carbocycles. The summed E-state index contributed by atoms with van der Waals surface area (Å²) in [7, 11) is 0. The number of rotatable bonds is 5. The van der Waals surface area contributed by atoms with E-state index in [4.69, 9.17) is 15.2 Å². The number of esters is 2. The first-order valence-electron chi connectivity index (χ1n) is 7.42. The summed E-state index contributed by atoms with van der Waals surface area (Å²) >= 11 is 1.06. The molecule has 1 fully saturated rings. The normalized spacial score (nSPS) is 15.3. The van der Waals surface area contributed by atoms with Gasteiger partial charge in [-0.1, -0.05) is 19.1 Å². The molecule has 120 valence electrons. The van der Waals surface area contributed by atoms with Gasteiger partial charge in [-0.3, -0.25) is 0 Å². The van der Waals surface area contributed by atoms with Crippen LogP contribution in [0.1, 0.15) is 57.7 Å². The molecule has 0 radical (unpaired) electrons. The van der Waals surface area contributed by atoms with E-state index in [2.05, 4.69) is 6.58 Å². The zero-order valence-corrected chi connectivity index (χ0v) is 13.5. The van der Waals surface area contributed by atoms with Crippen LogP contribution in [0, 0.1) is 6.92 Å². The molecule has 22 heavy (non-hydrogen) atoms. The lowest BCUT2D eigenvalue weighted by Gasteiger charge is -2.21. The molecular weight excluding hydrogens is 302 g/mol. The van der Waals surface area contributed by atoms with Gasteiger partial charge in [0.15, 0.2) is 0 Å². The van der Waals surface area contributed by atoms with Gasteiger partial charge in [-0.05, 0) is 38.2 Å². The molecule has 0 aliphatic heterocycles. The molecule has 1 aromatic rings. The second-order valence-electron chi connectivity index (χ2n) is 5.35. The molecule has 1 heterocycles. The summed E-state index contributed by atoms with van der Waals surface area (Å²) in [6.45, 7) is 5.30. The van der Waals surface area contributed by atoms with Gasteiger partial charge in [0.25, 0.3) is 0 Å². The summed E-state index contributed by atoms with van der Waals surface area (Å²) in [6.07, 6.45) is 6.57. The average molecular weight is 323 g/mol. The Balaban J connectivity index is 2.13. The Morgan fingerprint density at radius 2 is 2.00 bits per heavy atom. The van der Waals surface area contributed by atoms with Crippen molar-refractivity contribution in [3.63, 3.8) is 0 Å². The van der Waals surface area contributed by atoms with Crippen molar-refractivity contribution >= 4 is 28.3 Å². The van der Waals surface area contributed by atoms with Crippen molar-refractivity contribution in [3.8, 4) is 0 Å². The fourth-order valence-electron chi connectivity index (χ4n) is 2.58. The summed E-state index contributed by atoms with van der Waals surface area (Å²) in [4.78, 5) is 24.6. The van der Waals surface area contributed by atoms with Gasteiger partial charge in [-0.2, -0.15) is 0 Å². The van der Waals surface area contributed by atoms with E-state index < -0.39 is 11.9 Å². The molecule has 0 bridgehead atoms. The van der Waals surface area contributed by atoms with Gasteiger partial charge in [-0.25, -0.2) is 9.59 Å². The van der Waals surface area contributed by atoms with E-state index >= 15 is 0 Å². The number of thiophene rings is 1. The largest absolute Gasteiger partial charge is 0.459 e. The van der Waals surface area contributed by atoms with Gasteiger partial charge in [0, 0.05) is 0 Å². The number of carbonyl (C=O) groups excluding carboxylic acids is 2. The molecule has 1 aliphatic rings. The van der Waals surface area contributed by atoms with Crippen LogP contribution in [0.4, 0.5) is 5.00 Å². The van der Waals surface area contributed by atoms with E-state index in [-0.39, 0.29) is 12.7 Å². The predicted octanol–water partition coefficient (Wildman–Crippen LogP) is 3.47. The van der Waals surface area contributed by atoms with Crippen molar-refractivity contribution in [2.45, 2.75) is 45.1 Å². The molecule has 1 aromatic heterocycles. The number of hydrogen-bond acceptors (Lipinski definition) is 6. The van der Waals surface area contributed by atoms with Gasteiger partial charge in [0.1, 0.15) is 22.6 Å². The first-order valence-corrected chi connectivity index (χ1v) is 8.24. The highest BCUT2D eigenvalue weighted by Gasteiger charge is 2.27. The topological polar surface area (TPSA) is 78.6 Å². The minimum Gasteiger partial charge on any atom is -0.459 e. The molecule has 1 aliphatic carbocycles. The van der Waals surface area contributed by atoms with Gasteiger partial charge in [0.2, 0.25) is 0 Å². The highest BCUT2D eigenvalue weighted by molar-refractivity contribution is 7.18. The third-order valence-electron chi connectivity index (χ3n) is 3.72. The number of hydrogen-bond donors (Lipinski definition) is 1. The average Bonchev–Trinajstić information content (AvgIpc) is 2.80. The summed E-state index contributed by atoms with van der Waals surface area (Å²) in [5.74, 6) is -0.938. The molecule has 6 heteroatoms. The van der Waals surface area contributed by atoms with Gasteiger partial charge >= 0.3 is 11.9 Å². The van der Waals surface area contributed by atoms with E-state index in [9.17, 15) is 9.59 Å². The highest BCUT2D eigenvalue weighted by atomic mass is 32.1. The Morgan fingerprint density at radius 1 is 1.32 bits per heavy atom. The van der Waals surface area contributed by atoms with Crippen LogP contribution in [0.2, 0.25) is 0 Å². The maximum absolute atomic E-state index is 12.3. The fourth-order valence-corrected chi connectivity index (χ4v) is 3.53. The van der Waals surface area contributed by atoms with Crippen LogP contribution >= 0.6 is 11.3 Å². The third kappa shape index (κ3) is 3.68. The first kappa shape index (κ1) is 16.5. The van der Waals surface area contributed by atoms with Crippen LogP contribution in [0.5, 0.6) is 0 Å². The molecular formula is C16H21NO4S. The van der Waals surface area contributed by atoms with E-state index in [1.807, 2.05) is 0 Å². The molecule has 0 amide bonds. The number of anilines is 1. The Hall–Kier alpha value is -1.82. The van der Waals surface area contributed by atoms with Gasteiger partial charge in [-0.15, -0.1) is 11.3 Å². The van der Waals surface area contributed by atoms with Crippen molar-refractivity contribution in [2.24, 2.45) is 0 Å². The zero-order chi connectivity index (χ0) is 16.1. The van der Waals surface area contributed by atoms with E-state index in [0.717, 1.165) is 37.0 Å². The quantitative estimate of drug-likeness (QED) is 0.663. The number of nitrogen functional groups attached to an aromatic ring is 1. The minimum absolute atomic E-state index is 0.0453. The molecule has 1 saturated carbocycles. The Morgan fingerprint density at radius 3 is 2.64 bits per heavy atom. The Kier molecular flexibility index (Phi) is 5.60. The summed E-state index contributed by atoms with van der Waals surface area (Å²) < 4.78 is 10.5. The molecule has 0 saturated heterocycles. The SMILES string of the molecule is C=CCOC(=O)c1sc(N)c(C(=O)OC2CCCCC2)c1C. The molecule has 0 atom stereocenters. The second-order valence-corrected chi connectivity index (χ2v) is 6.40. The summed E-state index contributed by atoms with van der Waals surface area (Å²) in [5.41, 5.74) is 6.72. The van der Waals surface area contributed by atoms with Gasteiger partial charge < -0.3 is 15.2 Å². The third-order valence-corrected chi connectivity index (χ3v) is 4.82. The maximum atomic E-state index is 12.3. The van der Waals surface area contributed by atoms with Crippen LogP contribution in [0.25, 0.3) is 0 Å². The molecule has 2 rings (SSSR count). The van der Waals surface area contributed by atoms with E-state index in [1.54, 1.807) is 6.92 Å². The van der Waals surface area contributed by atoms with Crippen molar-refractivity contribution in [2.75, 3.05) is 12.3 Å². The minimum atomic E-state index is -0.495. The zero-order valence-electron chi connectivity index (χ0n) is 12.7. The molecule has 5 nitrogen and oxygen atoms in total. The van der Waals surface area contributed by atoms with Crippen LogP contribution in [0.3, 0.4) is 0 Å². The summed E-state index contributed by atoms with van der Waals surface area (Å²) in [5, 5.41) is 0.295. The fraction of sp³-hybridized carbons (Fsp3) is 0.500. The monoisotopic (exact) mass is 323 g/mol. The number of carbonyl (C=O) groups is 2. The number of ether oxygens (including phenoxy) is 2. The van der Waals surface area contributed by atoms with Crippen molar-refractivity contribution in [1.29, 1.82) is 0 Å². The Bertz CT molecular complexity index is 573. The van der Waals surface area contributed by atoms with Crippen LogP contribution < -0.4 is 5.73 Å². The lowest BCUT2D eigenvalue weighted by Crippen LogP contribution is -2.21. The Labute approximate surface area is 134 Å². The van der Waals surface area contributed by atoms with E-state index in [0.29, 0.717) is 21.0 Å². The number of nitrogens with two attached hydrogens (primary N) is 1. The van der Waals surface area contributed by atoms with E-state index in [1.165, 1.54) is 12.5 Å². The maximum Gasteiger partial charge on any atom is 0.348 e. The first-order chi connectivity index (χ1) is 10.5. The van der Waals surface area contributed by atoms with Crippen LogP contribution in [-0.2, 0) is 9.47 Å². The summed E-state index contributed by atoms with van der Waals surface area (Å²) in [6, 6.07) is 0. The second kappa shape index (κ2) is 7.45.